The van der Waals surface area contributed by atoms with E-state index in [-0.39, 0.29) is 0 Å². The monoisotopic (exact) mass is 555 g/mol. The molecular weight excluding hydrogens is 514 g/mol. The molecule has 1 aliphatic heterocycles. The van der Waals surface area contributed by atoms with E-state index in [9.17, 15) is 0 Å². The van der Waals surface area contributed by atoms with Gasteiger partial charge < -0.3 is 15.2 Å². The second kappa shape index (κ2) is 13.0. The highest BCUT2D eigenvalue weighted by atomic mass is 16.5. The zero-order valence-electron chi connectivity index (χ0n) is 24.0. The van der Waals surface area contributed by atoms with Crippen LogP contribution in [0.4, 0.5) is 5.82 Å². The minimum absolute atomic E-state index is 0.300. The molecule has 2 fully saturated rings. The van der Waals surface area contributed by atoms with Crippen LogP contribution in [-0.2, 0) is 4.74 Å². The number of hydrogen-bond donors (Lipinski definition) is 1. The highest BCUT2D eigenvalue weighted by Crippen LogP contribution is 2.37. The third kappa shape index (κ3) is 6.37. The van der Waals surface area contributed by atoms with Gasteiger partial charge in [0.2, 0.25) is 0 Å². The third-order valence-corrected chi connectivity index (χ3v) is 8.46. The lowest BCUT2D eigenvalue weighted by Crippen LogP contribution is -2.51. The molecule has 2 aromatic heterocycles. The predicted molar refractivity (Wildman–Crippen MR) is 162 cm³/mol. The Labute approximate surface area is 242 Å². The third-order valence-electron chi connectivity index (χ3n) is 8.46. The van der Waals surface area contributed by atoms with Crippen LogP contribution < -0.4 is 10.5 Å². The van der Waals surface area contributed by atoms with E-state index in [4.69, 9.17) is 20.3 Å². The normalized spacial score (nSPS) is 20.4. The molecule has 41 heavy (non-hydrogen) atoms. The summed E-state index contributed by atoms with van der Waals surface area (Å²) in [5.41, 5.74) is 9.02. The zero-order chi connectivity index (χ0) is 28.0. The van der Waals surface area contributed by atoms with Crippen molar-refractivity contribution in [1.82, 2.24) is 29.5 Å². The lowest BCUT2D eigenvalue weighted by molar-refractivity contribution is 0.0485. The SMILES string of the molecule is CCCOCCN1CCN(C2CCC(n3nc(-c4ccc(Oc5ccccc5)cc4)c4c(N)ncnc43)CC2)CC1. The highest BCUT2D eigenvalue weighted by molar-refractivity contribution is 5.98. The van der Waals surface area contributed by atoms with Crippen molar-refractivity contribution in [2.75, 3.05) is 51.7 Å². The van der Waals surface area contributed by atoms with E-state index in [0.29, 0.717) is 17.9 Å². The van der Waals surface area contributed by atoms with E-state index in [0.717, 1.165) is 99.0 Å². The van der Waals surface area contributed by atoms with Gasteiger partial charge in [-0.1, -0.05) is 25.1 Å². The van der Waals surface area contributed by atoms with E-state index in [1.165, 1.54) is 12.8 Å². The van der Waals surface area contributed by atoms with Gasteiger partial charge in [0.1, 0.15) is 29.3 Å². The van der Waals surface area contributed by atoms with Crippen LogP contribution in [0.3, 0.4) is 0 Å². The number of nitrogen functional groups attached to an aromatic ring is 1. The first-order valence-electron chi connectivity index (χ1n) is 15.1. The number of benzene rings is 2. The average molecular weight is 556 g/mol. The summed E-state index contributed by atoms with van der Waals surface area (Å²) in [7, 11) is 0. The van der Waals surface area contributed by atoms with E-state index < -0.39 is 0 Å². The van der Waals surface area contributed by atoms with Crippen LogP contribution in [0.15, 0.2) is 60.9 Å². The van der Waals surface area contributed by atoms with Crippen molar-refractivity contribution in [3.05, 3.63) is 60.9 Å². The molecule has 0 atom stereocenters. The van der Waals surface area contributed by atoms with Crippen LogP contribution >= 0.6 is 0 Å². The maximum atomic E-state index is 6.40. The molecule has 2 aliphatic rings. The fourth-order valence-electron chi connectivity index (χ4n) is 6.22. The molecule has 1 saturated carbocycles. The summed E-state index contributed by atoms with van der Waals surface area (Å²) in [6.45, 7) is 9.47. The lowest BCUT2D eigenvalue weighted by Gasteiger charge is -2.42. The molecule has 1 aliphatic carbocycles. The fraction of sp³-hybridized carbons (Fsp3) is 0.469. The molecule has 0 radical (unpaired) electrons. The number of nitrogens with zero attached hydrogens (tertiary/aromatic N) is 6. The average Bonchev–Trinajstić information content (AvgIpc) is 3.42. The van der Waals surface area contributed by atoms with E-state index in [1.807, 2.05) is 54.6 Å². The second-order valence-corrected chi connectivity index (χ2v) is 11.1. The van der Waals surface area contributed by atoms with Gasteiger partial charge in [0.15, 0.2) is 5.65 Å². The van der Waals surface area contributed by atoms with Crippen LogP contribution in [0.2, 0.25) is 0 Å². The molecule has 4 aromatic rings. The fourth-order valence-corrected chi connectivity index (χ4v) is 6.22. The number of nitrogens with two attached hydrogens (primary N) is 1. The first-order valence-corrected chi connectivity index (χ1v) is 15.1. The Balaban J connectivity index is 1.11. The molecule has 0 bridgehead atoms. The van der Waals surface area contributed by atoms with Gasteiger partial charge in [0, 0.05) is 50.9 Å². The lowest BCUT2D eigenvalue weighted by atomic mass is 9.90. The van der Waals surface area contributed by atoms with Crippen molar-refractivity contribution in [2.45, 2.75) is 51.1 Å². The standard InChI is InChI=1S/C32H41N7O2/c1-2-21-40-22-20-37-16-18-38(19-17-37)25-10-12-26(13-11-25)39-32-29(31(33)34-23-35-32)30(36-39)24-8-14-28(15-9-24)41-27-6-4-3-5-7-27/h3-9,14-15,23,25-26H,2,10-13,16-22H2,1H3,(H2,33,34,35). The van der Waals surface area contributed by atoms with Gasteiger partial charge in [-0.15, -0.1) is 0 Å². The molecule has 0 amide bonds. The van der Waals surface area contributed by atoms with E-state index in [1.54, 1.807) is 6.33 Å². The van der Waals surface area contributed by atoms with Crippen molar-refractivity contribution in [1.29, 1.82) is 0 Å². The summed E-state index contributed by atoms with van der Waals surface area (Å²) in [5.74, 6) is 2.05. The molecule has 2 aromatic carbocycles. The van der Waals surface area contributed by atoms with Crippen LogP contribution in [-0.4, -0.2) is 81.5 Å². The first kappa shape index (κ1) is 27.6. The Bertz CT molecular complexity index is 1390. The van der Waals surface area contributed by atoms with Gasteiger partial charge in [-0.05, 0) is 68.5 Å². The molecule has 216 valence electrons. The Kier molecular flexibility index (Phi) is 8.74. The molecule has 0 spiro atoms. The van der Waals surface area contributed by atoms with Crippen molar-refractivity contribution in [3.8, 4) is 22.8 Å². The largest absolute Gasteiger partial charge is 0.457 e. The van der Waals surface area contributed by atoms with Crippen molar-refractivity contribution < 1.29 is 9.47 Å². The minimum atomic E-state index is 0.300. The summed E-state index contributed by atoms with van der Waals surface area (Å²) >= 11 is 0. The molecule has 9 nitrogen and oxygen atoms in total. The number of para-hydroxylation sites is 1. The Hall–Kier alpha value is -3.53. The van der Waals surface area contributed by atoms with Crippen LogP contribution in [0, 0.1) is 0 Å². The maximum Gasteiger partial charge on any atom is 0.164 e. The van der Waals surface area contributed by atoms with Gasteiger partial charge in [-0.2, -0.15) is 5.10 Å². The first-order chi connectivity index (χ1) is 20.2. The maximum absolute atomic E-state index is 6.40. The van der Waals surface area contributed by atoms with Crippen molar-refractivity contribution >= 4 is 16.9 Å². The van der Waals surface area contributed by atoms with Crippen molar-refractivity contribution in [3.63, 3.8) is 0 Å². The molecule has 9 heteroatoms. The molecule has 3 heterocycles. The summed E-state index contributed by atoms with van der Waals surface area (Å²) in [6.07, 6.45) is 7.15. The Morgan fingerprint density at radius 2 is 1.54 bits per heavy atom. The number of fused-ring (bicyclic) bond motifs is 1. The number of hydrogen-bond acceptors (Lipinski definition) is 8. The summed E-state index contributed by atoms with van der Waals surface area (Å²) in [4.78, 5) is 14.2. The molecule has 0 unspecified atom stereocenters. The summed E-state index contributed by atoms with van der Waals surface area (Å²) in [5, 5.41) is 5.93. The van der Waals surface area contributed by atoms with E-state index >= 15 is 0 Å². The highest BCUT2D eigenvalue weighted by Gasteiger charge is 2.31. The number of anilines is 1. The second-order valence-electron chi connectivity index (χ2n) is 11.1. The number of rotatable bonds is 10. The number of aromatic nitrogens is 4. The molecular formula is C32H41N7O2. The van der Waals surface area contributed by atoms with Gasteiger partial charge in [-0.3, -0.25) is 9.80 Å². The van der Waals surface area contributed by atoms with Gasteiger partial charge in [-0.25, -0.2) is 14.6 Å². The quantitative estimate of drug-likeness (QED) is 0.260. The smallest absolute Gasteiger partial charge is 0.164 e. The van der Waals surface area contributed by atoms with Crippen LogP contribution in [0.1, 0.15) is 45.1 Å². The topological polar surface area (TPSA) is 94.6 Å². The van der Waals surface area contributed by atoms with Gasteiger partial charge >= 0.3 is 0 Å². The zero-order valence-corrected chi connectivity index (χ0v) is 24.0. The van der Waals surface area contributed by atoms with Crippen LogP contribution in [0.25, 0.3) is 22.3 Å². The van der Waals surface area contributed by atoms with Crippen LogP contribution in [0.5, 0.6) is 11.5 Å². The summed E-state index contributed by atoms with van der Waals surface area (Å²) < 4.78 is 13.8. The van der Waals surface area contributed by atoms with Crippen molar-refractivity contribution in [2.24, 2.45) is 0 Å². The van der Waals surface area contributed by atoms with Gasteiger partial charge in [0.05, 0.1) is 18.0 Å². The number of piperazine rings is 1. The molecule has 6 rings (SSSR count). The van der Waals surface area contributed by atoms with Gasteiger partial charge in [0.25, 0.3) is 0 Å². The minimum Gasteiger partial charge on any atom is -0.457 e. The van der Waals surface area contributed by atoms with E-state index in [2.05, 4.69) is 31.4 Å². The molecule has 1 saturated heterocycles. The Morgan fingerprint density at radius 1 is 0.829 bits per heavy atom. The Morgan fingerprint density at radius 3 is 2.27 bits per heavy atom. The molecule has 2 N–H and O–H groups in total. The summed E-state index contributed by atoms with van der Waals surface area (Å²) in [6, 6.07) is 18.7. The predicted octanol–water partition coefficient (Wildman–Crippen LogP) is 5.40. The number of ether oxygens (including phenoxy) is 2.